The Balaban J connectivity index is 2.15. The average molecular weight is 316 g/mol. The minimum atomic E-state index is -1.14. The van der Waals surface area contributed by atoms with Gasteiger partial charge in [-0.3, -0.25) is 0 Å². The summed E-state index contributed by atoms with van der Waals surface area (Å²) >= 11 is 3.32. The molecule has 0 radical (unpaired) electrons. The summed E-state index contributed by atoms with van der Waals surface area (Å²) in [5, 5.41) is 13.9. The zero-order valence-electron chi connectivity index (χ0n) is 10.5. The van der Waals surface area contributed by atoms with Crippen LogP contribution in [0.2, 0.25) is 0 Å². The third-order valence-corrected chi connectivity index (χ3v) is 4.06. The van der Waals surface area contributed by atoms with Gasteiger partial charge in [0, 0.05) is 16.1 Å². The molecule has 18 heavy (non-hydrogen) atoms. The lowest BCUT2D eigenvalue weighted by Gasteiger charge is -2.32. The molecule has 1 aromatic rings. The Morgan fingerprint density at radius 2 is 2.28 bits per heavy atom. The van der Waals surface area contributed by atoms with Crippen molar-refractivity contribution in [3.63, 3.8) is 0 Å². The number of rotatable bonds is 3. The van der Waals surface area contributed by atoms with Crippen molar-refractivity contribution in [2.45, 2.75) is 44.2 Å². The number of halogens is 2. The fourth-order valence-corrected chi connectivity index (χ4v) is 2.96. The zero-order chi connectivity index (χ0) is 13.2. The van der Waals surface area contributed by atoms with E-state index in [2.05, 4.69) is 21.2 Å². The standard InChI is InChI=1S/C14H19BrFNO/c1-14(18,9-11-4-2-3-7-17-11)12-8-10(15)5-6-13(12)16/h5-6,8,11,17-18H,2-4,7,9H2,1H3. The van der Waals surface area contributed by atoms with E-state index in [9.17, 15) is 9.50 Å². The highest BCUT2D eigenvalue weighted by atomic mass is 79.9. The number of aliphatic hydroxyl groups is 1. The molecule has 100 valence electrons. The van der Waals surface area contributed by atoms with E-state index < -0.39 is 5.60 Å². The van der Waals surface area contributed by atoms with Gasteiger partial charge in [-0.25, -0.2) is 4.39 Å². The first-order valence-corrected chi connectivity index (χ1v) is 7.19. The summed E-state index contributed by atoms with van der Waals surface area (Å²) in [4.78, 5) is 0. The quantitative estimate of drug-likeness (QED) is 0.896. The van der Waals surface area contributed by atoms with Crippen molar-refractivity contribution in [1.82, 2.24) is 5.32 Å². The van der Waals surface area contributed by atoms with Crippen molar-refractivity contribution < 1.29 is 9.50 Å². The molecule has 0 aliphatic carbocycles. The molecule has 2 rings (SSSR count). The van der Waals surface area contributed by atoms with Crippen LogP contribution < -0.4 is 5.32 Å². The maximum atomic E-state index is 13.8. The van der Waals surface area contributed by atoms with E-state index in [4.69, 9.17) is 0 Å². The van der Waals surface area contributed by atoms with Gasteiger partial charge in [-0.15, -0.1) is 0 Å². The van der Waals surface area contributed by atoms with Crippen molar-refractivity contribution in [2.75, 3.05) is 6.54 Å². The molecule has 4 heteroatoms. The van der Waals surface area contributed by atoms with Gasteiger partial charge in [0.2, 0.25) is 0 Å². The Hall–Kier alpha value is -0.450. The smallest absolute Gasteiger partial charge is 0.129 e. The monoisotopic (exact) mass is 315 g/mol. The van der Waals surface area contributed by atoms with E-state index in [0.29, 0.717) is 12.0 Å². The summed E-state index contributed by atoms with van der Waals surface area (Å²) in [7, 11) is 0. The fourth-order valence-electron chi connectivity index (χ4n) is 2.60. The van der Waals surface area contributed by atoms with Gasteiger partial charge in [-0.1, -0.05) is 22.4 Å². The van der Waals surface area contributed by atoms with Gasteiger partial charge in [-0.05, 0) is 50.9 Å². The topological polar surface area (TPSA) is 32.3 Å². The average Bonchev–Trinajstić information content (AvgIpc) is 2.33. The van der Waals surface area contributed by atoms with E-state index >= 15 is 0 Å². The van der Waals surface area contributed by atoms with Gasteiger partial charge in [0.25, 0.3) is 0 Å². The highest BCUT2D eigenvalue weighted by Crippen LogP contribution is 2.31. The molecule has 0 aromatic heterocycles. The first-order valence-electron chi connectivity index (χ1n) is 6.40. The summed E-state index contributed by atoms with van der Waals surface area (Å²) in [6.07, 6.45) is 3.95. The van der Waals surface area contributed by atoms with Crippen molar-refractivity contribution in [3.05, 3.63) is 34.1 Å². The fraction of sp³-hybridized carbons (Fsp3) is 0.571. The third-order valence-electron chi connectivity index (χ3n) is 3.56. The largest absolute Gasteiger partial charge is 0.385 e. The summed E-state index contributed by atoms with van der Waals surface area (Å²) in [5.74, 6) is -0.348. The first kappa shape index (κ1) is 14.0. The predicted octanol–water partition coefficient (Wildman–Crippen LogP) is 3.33. The molecule has 1 aliphatic heterocycles. The SMILES string of the molecule is CC(O)(CC1CCCCN1)c1cc(Br)ccc1F. The summed E-state index contributed by atoms with van der Waals surface area (Å²) in [6.45, 7) is 2.68. The van der Waals surface area contributed by atoms with Gasteiger partial charge in [0.1, 0.15) is 5.82 Å². The van der Waals surface area contributed by atoms with Crippen molar-refractivity contribution >= 4 is 15.9 Å². The normalized spacial score (nSPS) is 23.7. The Morgan fingerprint density at radius 3 is 2.94 bits per heavy atom. The molecule has 1 heterocycles. The lowest BCUT2D eigenvalue weighted by atomic mass is 9.86. The first-order chi connectivity index (χ1) is 8.49. The molecule has 0 saturated carbocycles. The van der Waals surface area contributed by atoms with E-state index in [-0.39, 0.29) is 11.9 Å². The Bertz CT molecular complexity index is 416. The molecule has 0 spiro atoms. The maximum Gasteiger partial charge on any atom is 0.129 e. The van der Waals surface area contributed by atoms with Crippen LogP contribution in [0.25, 0.3) is 0 Å². The molecule has 1 saturated heterocycles. The van der Waals surface area contributed by atoms with Crippen LogP contribution in [0.3, 0.4) is 0 Å². The molecule has 2 N–H and O–H groups in total. The molecular weight excluding hydrogens is 297 g/mol. The molecule has 1 aromatic carbocycles. The van der Waals surface area contributed by atoms with Crippen LogP contribution >= 0.6 is 15.9 Å². The van der Waals surface area contributed by atoms with Gasteiger partial charge in [-0.2, -0.15) is 0 Å². The van der Waals surface area contributed by atoms with Crippen LogP contribution in [-0.4, -0.2) is 17.7 Å². The van der Waals surface area contributed by atoms with Crippen LogP contribution in [0.4, 0.5) is 4.39 Å². The second-order valence-electron chi connectivity index (χ2n) is 5.25. The highest BCUT2D eigenvalue weighted by Gasteiger charge is 2.30. The second kappa shape index (κ2) is 5.68. The number of benzene rings is 1. The number of piperidine rings is 1. The summed E-state index contributed by atoms with van der Waals surface area (Å²) in [6, 6.07) is 4.97. The molecular formula is C14H19BrFNO. The van der Waals surface area contributed by atoms with Gasteiger partial charge < -0.3 is 10.4 Å². The highest BCUT2D eigenvalue weighted by molar-refractivity contribution is 9.10. The Labute approximate surface area is 116 Å². The minimum Gasteiger partial charge on any atom is -0.385 e. The Kier molecular flexibility index (Phi) is 4.41. The van der Waals surface area contributed by atoms with Gasteiger partial charge in [0.05, 0.1) is 5.60 Å². The Morgan fingerprint density at radius 1 is 1.50 bits per heavy atom. The zero-order valence-corrected chi connectivity index (χ0v) is 12.1. The van der Waals surface area contributed by atoms with Crippen LogP contribution in [0.5, 0.6) is 0 Å². The molecule has 2 unspecified atom stereocenters. The second-order valence-corrected chi connectivity index (χ2v) is 6.16. The lowest BCUT2D eigenvalue weighted by Crippen LogP contribution is -2.40. The summed E-state index contributed by atoms with van der Waals surface area (Å²) < 4.78 is 14.6. The van der Waals surface area contributed by atoms with Crippen molar-refractivity contribution in [2.24, 2.45) is 0 Å². The number of nitrogens with one attached hydrogen (secondary N) is 1. The van der Waals surface area contributed by atoms with Crippen LogP contribution in [0.15, 0.2) is 22.7 Å². The van der Waals surface area contributed by atoms with E-state index in [0.717, 1.165) is 17.4 Å². The molecule has 0 bridgehead atoms. The van der Waals surface area contributed by atoms with Crippen LogP contribution in [-0.2, 0) is 5.60 Å². The number of hydrogen-bond donors (Lipinski definition) is 2. The molecule has 0 amide bonds. The van der Waals surface area contributed by atoms with E-state index in [1.165, 1.54) is 18.9 Å². The van der Waals surface area contributed by atoms with Crippen molar-refractivity contribution in [1.29, 1.82) is 0 Å². The van der Waals surface area contributed by atoms with Gasteiger partial charge >= 0.3 is 0 Å². The molecule has 2 nitrogen and oxygen atoms in total. The van der Waals surface area contributed by atoms with Crippen molar-refractivity contribution in [3.8, 4) is 0 Å². The predicted molar refractivity (Wildman–Crippen MR) is 73.9 cm³/mol. The maximum absolute atomic E-state index is 13.8. The third kappa shape index (κ3) is 3.31. The molecule has 1 fully saturated rings. The van der Waals surface area contributed by atoms with E-state index in [1.807, 2.05) is 0 Å². The summed E-state index contributed by atoms with van der Waals surface area (Å²) in [5.41, 5.74) is -0.771. The molecule has 1 aliphatic rings. The van der Waals surface area contributed by atoms with Gasteiger partial charge in [0.15, 0.2) is 0 Å². The molecule has 2 atom stereocenters. The minimum absolute atomic E-state index is 0.270. The number of hydrogen-bond acceptors (Lipinski definition) is 2. The lowest BCUT2D eigenvalue weighted by molar-refractivity contribution is 0.0298. The van der Waals surface area contributed by atoms with Crippen LogP contribution in [0, 0.1) is 5.82 Å². The van der Waals surface area contributed by atoms with E-state index in [1.54, 1.807) is 19.1 Å². The van der Waals surface area contributed by atoms with Crippen LogP contribution in [0.1, 0.15) is 38.2 Å².